The zero-order valence-electron chi connectivity index (χ0n) is 19.1. The zero-order valence-corrected chi connectivity index (χ0v) is 19.1. The minimum atomic E-state index is -0.283. The van der Waals surface area contributed by atoms with Gasteiger partial charge in [-0.05, 0) is 64.1 Å². The van der Waals surface area contributed by atoms with Crippen molar-refractivity contribution in [2.24, 2.45) is 0 Å². The lowest BCUT2D eigenvalue weighted by Gasteiger charge is -2.42. The summed E-state index contributed by atoms with van der Waals surface area (Å²) < 4.78 is 20.2. The van der Waals surface area contributed by atoms with Crippen LogP contribution in [0, 0.1) is 5.82 Å². The molecule has 3 aromatic rings. The second-order valence-corrected chi connectivity index (χ2v) is 9.01. The quantitative estimate of drug-likeness (QED) is 0.574. The van der Waals surface area contributed by atoms with Gasteiger partial charge in [0.05, 0.1) is 24.6 Å². The smallest absolute Gasteiger partial charge is 0.170 e. The number of fused-ring (bicyclic) bond motifs is 1. The molecule has 31 heavy (non-hydrogen) atoms. The van der Waals surface area contributed by atoms with Crippen LogP contribution >= 0.6 is 0 Å². The third-order valence-electron chi connectivity index (χ3n) is 5.64. The Balaban J connectivity index is 0.000000229. The van der Waals surface area contributed by atoms with Gasteiger partial charge in [0.2, 0.25) is 0 Å². The monoisotopic (exact) mass is 426 g/mol. The fraction of sp³-hybridized carbons (Fsp3) is 0.458. The number of nitrogens with zero attached hydrogens (tertiary/aromatic N) is 4. The van der Waals surface area contributed by atoms with Crippen molar-refractivity contribution in [3.8, 4) is 11.3 Å². The first kappa shape index (κ1) is 23.0. The van der Waals surface area contributed by atoms with Gasteiger partial charge in [-0.2, -0.15) is 5.10 Å². The molecule has 166 valence electrons. The van der Waals surface area contributed by atoms with E-state index in [1.165, 1.54) is 12.1 Å². The molecular formula is C24H31FN4O2. The fourth-order valence-corrected chi connectivity index (χ4v) is 3.40. The van der Waals surface area contributed by atoms with Gasteiger partial charge in [-0.3, -0.25) is 9.69 Å². The highest BCUT2D eigenvalue weighted by Crippen LogP contribution is 2.25. The lowest BCUT2D eigenvalue weighted by Crippen LogP contribution is -2.53. The molecule has 1 atom stereocenters. The Morgan fingerprint density at radius 1 is 1.26 bits per heavy atom. The number of carbonyl (C=O) groups is 1. The Labute approximate surface area is 183 Å². The largest absolute Gasteiger partial charge is 0.375 e. The van der Waals surface area contributed by atoms with Gasteiger partial charge in [0.15, 0.2) is 11.9 Å². The van der Waals surface area contributed by atoms with E-state index >= 15 is 0 Å². The molecule has 0 spiro atoms. The number of likely N-dealkylation sites (N-methyl/N-ethyl adjacent to an activating group) is 1. The zero-order chi connectivity index (χ0) is 22.8. The van der Waals surface area contributed by atoms with Crippen LogP contribution in [0.2, 0.25) is 0 Å². The number of carbonyl (C=O) groups excluding carboxylic acids is 1. The molecule has 0 saturated carbocycles. The van der Waals surface area contributed by atoms with Crippen LogP contribution in [0.5, 0.6) is 0 Å². The van der Waals surface area contributed by atoms with Crippen molar-refractivity contribution in [2.45, 2.75) is 52.2 Å². The van der Waals surface area contributed by atoms with Gasteiger partial charge >= 0.3 is 0 Å². The molecule has 0 N–H and O–H groups in total. The molecule has 7 heteroatoms. The topological polar surface area (TPSA) is 59.7 Å². The van der Waals surface area contributed by atoms with Gasteiger partial charge < -0.3 is 4.74 Å². The van der Waals surface area contributed by atoms with Crippen molar-refractivity contribution in [2.75, 3.05) is 20.2 Å². The molecule has 0 bridgehead atoms. The van der Waals surface area contributed by atoms with Gasteiger partial charge in [0, 0.05) is 23.2 Å². The molecule has 3 heterocycles. The van der Waals surface area contributed by atoms with Crippen molar-refractivity contribution >= 4 is 11.9 Å². The number of ether oxygens (including phenoxy) is 1. The molecule has 1 aliphatic rings. The molecule has 4 rings (SSSR count). The number of rotatable bonds is 3. The molecule has 1 aromatic carbocycles. The minimum Gasteiger partial charge on any atom is -0.375 e. The summed E-state index contributed by atoms with van der Waals surface area (Å²) in [5.74, 6) is -0.0496. The van der Waals surface area contributed by atoms with E-state index < -0.39 is 0 Å². The van der Waals surface area contributed by atoms with Gasteiger partial charge in [0.1, 0.15) is 11.5 Å². The predicted octanol–water partition coefficient (Wildman–Crippen LogP) is 4.59. The summed E-state index contributed by atoms with van der Waals surface area (Å²) in [4.78, 5) is 17.5. The maximum atomic E-state index is 13.0. The Morgan fingerprint density at radius 2 is 1.94 bits per heavy atom. The van der Waals surface area contributed by atoms with Crippen molar-refractivity contribution in [1.29, 1.82) is 0 Å². The maximum Gasteiger partial charge on any atom is 0.170 e. The van der Waals surface area contributed by atoms with Gasteiger partial charge in [-0.25, -0.2) is 13.9 Å². The average molecular weight is 427 g/mol. The van der Waals surface area contributed by atoms with Crippen LogP contribution < -0.4 is 0 Å². The second kappa shape index (κ2) is 9.24. The number of hydrogen-bond acceptors (Lipinski definition) is 5. The molecule has 1 aliphatic heterocycles. The lowest BCUT2D eigenvalue weighted by molar-refractivity contribution is -0.0800. The number of aromatic nitrogens is 3. The predicted molar refractivity (Wildman–Crippen MR) is 120 cm³/mol. The summed E-state index contributed by atoms with van der Waals surface area (Å²) in [6, 6.07) is 8.12. The molecule has 1 saturated heterocycles. The Hall–Kier alpha value is -2.64. The number of hydrogen-bond donors (Lipinski definition) is 0. The highest BCUT2D eigenvalue weighted by atomic mass is 19.1. The third kappa shape index (κ3) is 5.35. The lowest BCUT2D eigenvalue weighted by atomic mass is 10.0. The van der Waals surface area contributed by atoms with E-state index in [1.54, 1.807) is 22.8 Å². The fourth-order valence-electron chi connectivity index (χ4n) is 3.40. The van der Waals surface area contributed by atoms with Crippen LogP contribution in [0.25, 0.3) is 16.9 Å². The number of halogens is 1. The SMILES string of the molecule is CC(C)c1cc(-c2ccc(F)cc2)nn2cc(C=O)nc12.CC1CN(C)C(C)(C)CO1. The third-order valence-corrected chi connectivity index (χ3v) is 5.64. The summed E-state index contributed by atoms with van der Waals surface area (Å²) in [6.07, 6.45) is 2.70. The molecule has 1 unspecified atom stereocenters. The maximum absolute atomic E-state index is 13.0. The average Bonchev–Trinajstić information content (AvgIpc) is 3.15. The highest BCUT2D eigenvalue weighted by molar-refractivity contribution is 5.74. The molecule has 1 fully saturated rings. The summed E-state index contributed by atoms with van der Waals surface area (Å²) in [5.41, 5.74) is 3.80. The van der Waals surface area contributed by atoms with Gasteiger partial charge in [-0.15, -0.1) is 0 Å². The van der Waals surface area contributed by atoms with E-state index in [-0.39, 0.29) is 17.3 Å². The number of morpholine rings is 1. The molecule has 0 aliphatic carbocycles. The first-order chi connectivity index (χ1) is 14.6. The first-order valence-corrected chi connectivity index (χ1v) is 10.5. The summed E-state index contributed by atoms with van der Waals surface area (Å²) in [5, 5.41) is 4.46. The van der Waals surface area contributed by atoms with Crippen LogP contribution in [-0.4, -0.2) is 57.6 Å². The van der Waals surface area contributed by atoms with Crippen LogP contribution in [-0.2, 0) is 4.74 Å². The Bertz CT molecular complexity index is 1040. The first-order valence-electron chi connectivity index (χ1n) is 10.5. The number of aldehydes is 1. The van der Waals surface area contributed by atoms with Crippen molar-refractivity contribution in [1.82, 2.24) is 19.5 Å². The normalized spacial score (nSPS) is 18.6. The van der Waals surface area contributed by atoms with Crippen molar-refractivity contribution < 1.29 is 13.9 Å². The molecule has 0 amide bonds. The minimum absolute atomic E-state index is 0.229. The standard InChI is InChI=1S/C16H14FN3O.C8H17NO/c1-10(2)14-7-15(11-3-5-12(17)6-4-11)19-20-8-13(9-21)18-16(14)20;1-7-5-9(4)8(2,3)6-10-7/h3-10H,1-2H3;7H,5-6H2,1-4H3. The van der Waals surface area contributed by atoms with Crippen LogP contribution in [0.1, 0.15) is 56.6 Å². The summed E-state index contributed by atoms with van der Waals surface area (Å²) >= 11 is 0. The van der Waals surface area contributed by atoms with E-state index in [9.17, 15) is 9.18 Å². The number of imidazole rings is 1. The second-order valence-electron chi connectivity index (χ2n) is 9.01. The van der Waals surface area contributed by atoms with Gasteiger partial charge in [-0.1, -0.05) is 13.8 Å². The van der Waals surface area contributed by atoms with Gasteiger partial charge in [0.25, 0.3) is 0 Å². The highest BCUT2D eigenvalue weighted by Gasteiger charge is 2.30. The molecule has 0 radical (unpaired) electrons. The Morgan fingerprint density at radius 3 is 2.48 bits per heavy atom. The van der Waals surface area contributed by atoms with E-state index in [1.807, 2.05) is 6.07 Å². The van der Waals surface area contributed by atoms with E-state index in [4.69, 9.17) is 4.74 Å². The van der Waals surface area contributed by atoms with Crippen LogP contribution in [0.3, 0.4) is 0 Å². The van der Waals surface area contributed by atoms with E-state index in [2.05, 4.69) is 56.6 Å². The summed E-state index contributed by atoms with van der Waals surface area (Å²) in [7, 11) is 2.15. The number of benzene rings is 1. The van der Waals surface area contributed by atoms with Crippen LogP contribution in [0.15, 0.2) is 36.5 Å². The van der Waals surface area contributed by atoms with E-state index in [0.29, 0.717) is 23.7 Å². The van der Waals surface area contributed by atoms with Crippen LogP contribution in [0.4, 0.5) is 4.39 Å². The van der Waals surface area contributed by atoms with E-state index in [0.717, 1.165) is 30.0 Å². The van der Waals surface area contributed by atoms with Crippen molar-refractivity contribution in [3.05, 3.63) is 53.6 Å². The molecular weight excluding hydrogens is 395 g/mol. The van der Waals surface area contributed by atoms with Crippen molar-refractivity contribution in [3.63, 3.8) is 0 Å². The Kier molecular flexibility index (Phi) is 6.86. The molecule has 2 aromatic heterocycles. The molecule has 6 nitrogen and oxygen atoms in total. The summed E-state index contributed by atoms with van der Waals surface area (Å²) in [6.45, 7) is 12.5.